The predicted molar refractivity (Wildman–Crippen MR) is 113 cm³/mol. The van der Waals surface area contributed by atoms with Crippen molar-refractivity contribution in [1.29, 1.82) is 0 Å². The molecule has 1 aromatic heterocycles. The molecule has 0 bridgehead atoms. The monoisotopic (exact) mass is 407 g/mol. The summed E-state index contributed by atoms with van der Waals surface area (Å²) >= 11 is 0. The molecule has 0 radical (unpaired) electrons. The maximum atomic E-state index is 13.3. The first kappa shape index (κ1) is 20.3. The molecule has 0 saturated heterocycles. The number of aryl methyl sites for hydroxylation is 1. The third-order valence-corrected chi connectivity index (χ3v) is 5.42. The van der Waals surface area contributed by atoms with Gasteiger partial charge in [-0.1, -0.05) is 42.5 Å². The number of carbonyl (C=O) groups is 1. The molecule has 156 valence electrons. The van der Waals surface area contributed by atoms with Crippen LogP contribution < -0.4 is 5.32 Å². The van der Waals surface area contributed by atoms with Crippen molar-refractivity contribution in [3.8, 4) is 0 Å². The second-order valence-corrected chi connectivity index (χ2v) is 7.63. The number of benzene rings is 2. The van der Waals surface area contributed by atoms with Crippen LogP contribution in [0.1, 0.15) is 39.7 Å². The summed E-state index contributed by atoms with van der Waals surface area (Å²) in [5.41, 5.74) is 2.94. The Kier molecular flexibility index (Phi) is 6.54. The first-order chi connectivity index (χ1) is 14.7. The molecule has 2 aromatic carbocycles. The zero-order valence-electron chi connectivity index (χ0n) is 16.9. The van der Waals surface area contributed by atoms with Crippen LogP contribution in [0.5, 0.6) is 0 Å². The van der Waals surface area contributed by atoms with E-state index in [0.29, 0.717) is 5.56 Å². The summed E-state index contributed by atoms with van der Waals surface area (Å²) in [6, 6.07) is 16.7. The van der Waals surface area contributed by atoms with Crippen molar-refractivity contribution in [2.75, 3.05) is 19.6 Å². The topological polar surface area (TPSA) is 58.4 Å². The molecule has 0 atom stereocenters. The van der Waals surface area contributed by atoms with Gasteiger partial charge < -0.3 is 14.6 Å². The largest absolute Gasteiger partial charge is 0.437 e. The SMILES string of the molecule is O=C(NCc1cccc(F)c1)c1nc2c(o1)CCN(CCCc1ccccc1)CC2. The summed E-state index contributed by atoms with van der Waals surface area (Å²) in [6.07, 6.45) is 3.73. The van der Waals surface area contributed by atoms with Crippen LogP contribution in [0, 0.1) is 5.82 Å². The highest BCUT2D eigenvalue weighted by Crippen LogP contribution is 2.18. The van der Waals surface area contributed by atoms with E-state index in [1.807, 2.05) is 6.07 Å². The molecule has 0 saturated carbocycles. The standard InChI is InChI=1S/C24H26FN3O2/c25-20-10-4-8-19(16-20)17-26-23(29)24-27-21-11-14-28(15-12-22(21)30-24)13-5-9-18-6-2-1-3-7-18/h1-4,6-8,10,16H,5,9,11-15,17H2,(H,26,29). The molecule has 3 aromatic rings. The van der Waals surface area contributed by atoms with Gasteiger partial charge in [0.15, 0.2) is 0 Å². The third-order valence-electron chi connectivity index (χ3n) is 5.42. The molecule has 1 amide bonds. The van der Waals surface area contributed by atoms with Gasteiger partial charge in [-0.2, -0.15) is 0 Å². The van der Waals surface area contributed by atoms with Gasteiger partial charge in [-0.15, -0.1) is 0 Å². The van der Waals surface area contributed by atoms with Crippen molar-refractivity contribution in [3.63, 3.8) is 0 Å². The van der Waals surface area contributed by atoms with E-state index in [1.54, 1.807) is 12.1 Å². The second-order valence-electron chi connectivity index (χ2n) is 7.63. The number of carbonyl (C=O) groups excluding carboxylic acids is 1. The second kappa shape index (κ2) is 9.67. The summed E-state index contributed by atoms with van der Waals surface area (Å²) in [7, 11) is 0. The fraction of sp³-hybridized carbons (Fsp3) is 0.333. The average molecular weight is 407 g/mol. The number of hydrogen-bond acceptors (Lipinski definition) is 4. The van der Waals surface area contributed by atoms with Crippen molar-refractivity contribution < 1.29 is 13.6 Å². The average Bonchev–Trinajstić information content (AvgIpc) is 3.08. The van der Waals surface area contributed by atoms with E-state index >= 15 is 0 Å². The van der Waals surface area contributed by atoms with Crippen molar-refractivity contribution in [3.05, 3.63) is 88.9 Å². The van der Waals surface area contributed by atoms with Gasteiger partial charge in [0.25, 0.3) is 5.89 Å². The Morgan fingerprint density at radius 2 is 1.87 bits per heavy atom. The van der Waals surface area contributed by atoms with E-state index in [4.69, 9.17) is 4.42 Å². The lowest BCUT2D eigenvalue weighted by Crippen LogP contribution is -2.28. The minimum absolute atomic E-state index is 0.0916. The fourth-order valence-corrected chi connectivity index (χ4v) is 3.79. The van der Waals surface area contributed by atoms with Crippen LogP contribution in [0.3, 0.4) is 0 Å². The van der Waals surface area contributed by atoms with Crippen molar-refractivity contribution in [2.24, 2.45) is 0 Å². The van der Waals surface area contributed by atoms with Gasteiger partial charge in [-0.25, -0.2) is 9.37 Å². The number of nitrogens with one attached hydrogen (secondary N) is 1. The minimum Gasteiger partial charge on any atom is -0.437 e. The van der Waals surface area contributed by atoms with Crippen molar-refractivity contribution >= 4 is 5.91 Å². The van der Waals surface area contributed by atoms with Crippen molar-refractivity contribution in [1.82, 2.24) is 15.2 Å². The highest BCUT2D eigenvalue weighted by molar-refractivity contribution is 5.89. The van der Waals surface area contributed by atoms with Gasteiger partial charge >= 0.3 is 5.91 Å². The number of aromatic nitrogens is 1. The lowest BCUT2D eigenvalue weighted by atomic mass is 10.1. The number of fused-ring (bicyclic) bond motifs is 1. The summed E-state index contributed by atoms with van der Waals surface area (Å²) in [6.45, 7) is 3.10. The van der Waals surface area contributed by atoms with E-state index in [1.165, 1.54) is 17.7 Å². The van der Waals surface area contributed by atoms with Crippen LogP contribution in [-0.4, -0.2) is 35.4 Å². The van der Waals surface area contributed by atoms with E-state index in [2.05, 4.69) is 39.5 Å². The summed E-state index contributed by atoms with van der Waals surface area (Å²) < 4.78 is 19.0. The molecule has 6 heteroatoms. The van der Waals surface area contributed by atoms with E-state index < -0.39 is 0 Å². The molecule has 2 heterocycles. The van der Waals surface area contributed by atoms with Gasteiger partial charge in [0.05, 0.1) is 5.69 Å². The van der Waals surface area contributed by atoms with Gasteiger partial charge in [0, 0.05) is 32.5 Å². The number of rotatable bonds is 7. The van der Waals surface area contributed by atoms with Crippen LogP contribution in [0.4, 0.5) is 4.39 Å². The first-order valence-corrected chi connectivity index (χ1v) is 10.4. The zero-order valence-corrected chi connectivity index (χ0v) is 16.9. The molecule has 1 aliphatic rings. The molecule has 0 fully saturated rings. The summed E-state index contributed by atoms with van der Waals surface area (Å²) in [5.74, 6) is 0.204. The van der Waals surface area contributed by atoms with Gasteiger partial charge in [-0.3, -0.25) is 4.79 Å². The number of hydrogen-bond donors (Lipinski definition) is 1. The van der Waals surface area contributed by atoms with Crippen LogP contribution in [0.25, 0.3) is 0 Å². The Balaban J connectivity index is 1.26. The van der Waals surface area contributed by atoms with Crippen LogP contribution in [0.2, 0.25) is 0 Å². The minimum atomic E-state index is -0.368. The molecule has 0 aliphatic carbocycles. The van der Waals surface area contributed by atoms with Gasteiger partial charge in [0.2, 0.25) is 0 Å². The smallest absolute Gasteiger partial charge is 0.307 e. The van der Waals surface area contributed by atoms with Crippen LogP contribution in [0.15, 0.2) is 59.0 Å². The van der Waals surface area contributed by atoms with E-state index in [9.17, 15) is 9.18 Å². The maximum Gasteiger partial charge on any atom is 0.307 e. The number of oxazole rings is 1. The Labute approximate surface area is 175 Å². The van der Waals surface area contributed by atoms with E-state index in [-0.39, 0.29) is 24.2 Å². The molecular formula is C24H26FN3O2. The molecule has 5 nitrogen and oxygen atoms in total. The zero-order chi connectivity index (χ0) is 20.8. The summed E-state index contributed by atoms with van der Waals surface area (Å²) in [5, 5.41) is 2.75. The van der Waals surface area contributed by atoms with Gasteiger partial charge in [-0.05, 0) is 42.6 Å². The predicted octanol–water partition coefficient (Wildman–Crippen LogP) is 3.78. The third kappa shape index (κ3) is 5.33. The number of halogens is 1. The molecule has 0 unspecified atom stereocenters. The first-order valence-electron chi connectivity index (χ1n) is 10.4. The molecule has 4 rings (SSSR count). The Morgan fingerprint density at radius 1 is 1.07 bits per heavy atom. The molecule has 1 aliphatic heterocycles. The fourth-order valence-electron chi connectivity index (χ4n) is 3.79. The van der Waals surface area contributed by atoms with Crippen LogP contribution in [-0.2, 0) is 25.8 Å². The Morgan fingerprint density at radius 3 is 2.70 bits per heavy atom. The molecule has 1 N–H and O–H groups in total. The Hall–Kier alpha value is -2.99. The van der Waals surface area contributed by atoms with Gasteiger partial charge in [0.1, 0.15) is 11.6 Å². The number of amides is 1. The molecular weight excluding hydrogens is 381 g/mol. The lowest BCUT2D eigenvalue weighted by Gasteiger charge is -2.19. The van der Waals surface area contributed by atoms with Crippen molar-refractivity contribution in [2.45, 2.75) is 32.2 Å². The lowest BCUT2D eigenvalue weighted by molar-refractivity contribution is 0.0914. The summed E-state index contributed by atoms with van der Waals surface area (Å²) in [4.78, 5) is 19.2. The Bertz CT molecular complexity index is 962. The quantitative estimate of drug-likeness (QED) is 0.648. The normalized spacial score (nSPS) is 14.2. The van der Waals surface area contributed by atoms with Crippen LogP contribution >= 0.6 is 0 Å². The molecule has 30 heavy (non-hydrogen) atoms. The highest BCUT2D eigenvalue weighted by Gasteiger charge is 2.22. The van der Waals surface area contributed by atoms with E-state index in [0.717, 1.165) is 56.8 Å². The maximum absolute atomic E-state index is 13.3. The molecule has 0 spiro atoms. The highest BCUT2D eigenvalue weighted by atomic mass is 19.1. The number of nitrogens with zero attached hydrogens (tertiary/aromatic N) is 2.